The number of carboxylic acid groups (broad SMARTS) is 1. The number of hydrogen-bond donors (Lipinski definition) is 6. The van der Waals surface area contributed by atoms with Crippen LogP contribution in [0.1, 0.15) is 246 Å². The Morgan fingerprint density at radius 3 is 1.15 bits per heavy atom. The summed E-state index contributed by atoms with van der Waals surface area (Å²) in [6.45, 7) is 39.1. The molecule has 42 heteroatoms. The number of β-amino-alcohol motifs (C(OH)–C–C–N with tert-alkyl or cyclic N) is 2. The van der Waals surface area contributed by atoms with E-state index in [1.165, 1.54) is 51.3 Å². The lowest BCUT2D eigenvalue weighted by Gasteiger charge is -2.38. The Bertz CT molecular complexity index is 5730. The molecule has 0 spiro atoms. The highest BCUT2D eigenvalue weighted by atomic mass is 35.5. The summed E-state index contributed by atoms with van der Waals surface area (Å²) < 4.78 is 61.1. The lowest BCUT2D eigenvalue weighted by atomic mass is 9.99. The number of carbonyl (C=O) groups excluding carboxylic acids is 4. The molecule has 6 aromatic heterocycles. The Morgan fingerprint density at radius 2 is 0.786 bits per heavy atom. The quantitative estimate of drug-likeness (QED) is 0.0489. The van der Waals surface area contributed by atoms with E-state index in [-0.39, 0.29) is 102 Å². The van der Waals surface area contributed by atoms with E-state index in [4.69, 9.17) is 76.5 Å². The van der Waals surface area contributed by atoms with Gasteiger partial charge in [0.1, 0.15) is 87.3 Å². The van der Waals surface area contributed by atoms with Gasteiger partial charge in [-0.3, -0.25) is 13.8 Å². The first kappa shape index (κ1) is 117. The van der Waals surface area contributed by atoms with Gasteiger partial charge in [-0.15, -0.1) is 12.4 Å². The molecule has 12 heterocycles. The maximum Gasteiger partial charge on any atom is 0.410 e. The number of carbonyl (C=O) groups is 5. The number of aromatic carboxylic acids is 1. The molecule has 38 nitrogen and oxygen atoms in total. The van der Waals surface area contributed by atoms with Crippen LogP contribution in [0.4, 0.5) is 14.4 Å². The molecule has 8 aromatic rings. The van der Waals surface area contributed by atoms with E-state index in [1.54, 1.807) is 110 Å². The number of nitriles is 4. The summed E-state index contributed by atoms with van der Waals surface area (Å²) in [7, 11) is -3.50. The van der Waals surface area contributed by atoms with Crippen LogP contribution < -0.4 is 30.4 Å². The maximum absolute atomic E-state index is 13.5. The molecule has 0 unspecified atom stereocenters. The van der Waals surface area contributed by atoms with Crippen LogP contribution >= 0.6 is 35.6 Å². The van der Waals surface area contributed by atoms with Gasteiger partial charge in [0.05, 0.1) is 92.3 Å². The van der Waals surface area contributed by atoms with Crippen LogP contribution in [0.15, 0.2) is 115 Å². The van der Waals surface area contributed by atoms with Gasteiger partial charge >= 0.3 is 24.2 Å². The number of nitrogens with one attached hydrogen (secondary N) is 3. The second kappa shape index (κ2) is 54.6. The Morgan fingerprint density at radius 1 is 0.443 bits per heavy atom. The summed E-state index contributed by atoms with van der Waals surface area (Å²) in [5, 5.41) is 87.1. The first-order valence-corrected chi connectivity index (χ1v) is 48.7. The lowest BCUT2D eigenvalue weighted by molar-refractivity contribution is -0.00999. The molecule has 0 saturated carbocycles. The van der Waals surface area contributed by atoms with Gasteiger partial charge in [-0.05, 0) is 292 Å². The number of pyridine rings is 4. The number of aryl methyl sites for hydroxylation is 4. The summed E-state index contributed by atoms with van der Waals surface area (Å²) in [4.78, 5) is 95.6. The van der Waals surface area contributed by atoms with E-state index >= 15 is 0 Å². The third-order valence-electron chi connectivity index (χ3n) is 22.6. The van der Waals surface area contributed by atoms with Crippen molar-refractivity contribution in [2.75, 3.05) is 45.5 Å². The highest BCUT2D eigenvalue weighted by molar-refractivity contribution is 7.86. The minimum atomic E-state index is -3.50. The number of nitrogens with zero attached hydrogens (tertiary/aromatic N) is 17. The van der Waals surface area contributed by atoms with E-state index < -0.39 is 51.2 Å². The molecule has 6 N–H and O–H groups in total. The number of benzene rings is 2. The standard InChI is InChI=1S/C22H21ClN6O2.C18H25N3O3.C13H17N3O.C12H23NO5S.C11H21NO3.C9H6ClN3O2.C7H6N2O.C6H13NO.ClH/c1-14-7-8-25-21(19(14)12-24)31-17-5-3-15(2)28(13-17)22(30)18-6-4-16(23)11-20(18)29-26-9-10-27-29;1-12-8-9-20-16(15(12)10-19)23-14-7-6-13(2)21(11-14)17(22)24-18(3,4)5;1-9-5-6-15-13(12(9)7-14)17-11-4-3-10(2)16-8-11;1-9-6-7-10(18-19(5,15)16)8-13(9)11(14)17-12(2,3)4;1-8-5-6-9(13)7-12(8)10(14)15-11(2,3)4;10-6-1-2-7(9(14)15)8(5-6)13-11-3-4-12-13;1-5-2-3-9-7(10)6(5)4-8;1-5-2-3-6(8)4-7-5;/h4,6-11,15,17H,3,5,13H2,1-2H3;8-9,13-14H,6-7,11H2,1-5H3;5-6,10-11,16H,3-4,8H2,1-2H3;9-10H,6-8H2,1-5H3;8-9,13H,5-7H2,1-4H3;1-5H,(H,14,15);2-3H,1H3,(H,9,10);5-8H,2-4H2,1H3;1H/t15-,17-;13-,14-;10-,11-;9-,10+;8-,9+;;;5-,6+;/m11111..1./s1. The van der Waals surface area contributed by atoms with E-state index in [0.717, 1.165) is 100 Å². The fraction of sp³-hybridized carbons (Fsp3) is 0.541. The van der Waals surface area contributed by atoms with Crippen LogP contribution in [-0.4, -0.2) is 259 Å². The second-order valence-corrected chi connectivity index (χ2v) is 40.3. The molecule has 760 valence electrons. The van der Waals surface area contributed by atoms with Crippen LogP contribution in [-0.2, 0) is 28.5 Å². The number of aliphatic hydroxyl groups is 2. The van der Waals surface area contributed by atoms with Gasteiger partial charge < -0.3 is 79.0 Å². The van der Waals surface area contributed by atoms with Crippen molar-refractivity contribution >= 4 is 75.9 Å². The van der Waals surface area contributed by atoms with Crippen molar-refractivity contribution in [1.82, 2.24) is 80.2 Å². The molecule has 2 aromatic carbocycles. The van der Waals surface area contributed by atoms with E-state index in [1.807, 2.05) is 102 Å². The van der Waals surface area contributed by atoms with E-state index in [0.29, 0.717) is 111 Å². The third-order valence-corrected chi connectivity index (χ3v) is 23.6. The number of halogens is 3. The first-order chi connectivity index (χ1) is 65.4. The molecule has 14 rings (SSSR count). The van der Waals surface area contributed by atoms with Crippen molar-refractivity contribution in [3.63, 3.8) is 0 Å². The molecule has 6 aliphatic rings. The van der Waals surface area contributed by atoms with E-state index in [2.05, 4.69) is 83.0 Å². The van der Waals surface area contributed by atoms with Gasteiger partial charge in [-0.25, -0.2) is 34.1 Å². The summed E-state index contributed by atoms with van der Waals surface area (Å²) in [5.74, 6) is -0.0844. The maximum atomic E-state index is 13.5. The summed E-state index contributed by atoms with van der Waals surface area (Å²) in [6, 6.07) is 26.3. The fourth-order valence-electron chi connectivity index (χ4n) is 14.9. The minimum absolute atomic E-state index is 0. The van der Waals surface area contributed by atoms with Gasteiger partial charge in [-0.2, -0.15) is 59.5 Å². The molecule has 0 radical (unpaired) electrons. The average Bonchev–Trinajstić information content (AvgIpc) is 1.18. The van der Waals surface area contributed by atoms with Crippen molar-refractivity contribution in [2.45, 2.75) is 298 Å². The molecule has 12 atom stereocenters. The number of aliphatic hydroxyl groups excluding tert-OH is 2. The number of aromatic amines is 1. The number of likely N-dealkylation sites (tertiary alicyclic amines) is 4. The third kappa shape index (κ3) is 37.8. The van der Waals surface area contributed by atoms with Gasteiger partial charge in [-0.1, -0.05) is 23.2 Å². The number of aromatic nitrogens is 10. The van der Waals surface area contributed by atoms with Crippen LogP contribution in [0, 0.1) is 73.0 Å². The summed E-state index contributed by atoms with van der Waals surface area (Å²) in [5.41, 5.74) is 4.41. The van der Waals surface area contributed by atoms with Gasteiger partial charge in [0, 0.05) is 84.2 Å². The predicted octanol–water partition coefficient (Wildman–Crippen LogP) is 15.0. The van der Waals surface area contributed by atoms with E-state index in [9.17, 15) is 52.8 Å². The molecule has 4 amide bonds. The molecule has 6 fully saturated rings. The van der Waals surface area contributed by atoms with Crippen LogP contribution in [0.25, 0.3) is 11.4 Å². The largest absolute Gasteiger partial charge is 0.478 e. The van der Waals surface area contributed by atoms with Gasteiger partial charge in [0.25, 0.3) is 21.6 Å². The summed E-state index contributed by atoms with van der Waals surface area (Å²) in [6.07, 6.45) is 21.3. The Hall–Kier alpha value is -12.2. The monoisotopic (exact) mass is 2010 g/mol. The van der Waals surface area contributed by atoms with Crippen molar-refractivity contribution < 1.29 is 80.3 Å². The van der Waals surface area contributed by atoms with Crippen molar-refractivity contribution in [2.24, 2.45) is 0 Å². The number of rotatable bonds is 12. The molecule has 0 bridgehead atoms. The second-order valence-electron chi connectivity index (χ2n) is 37.8. The number of piperidine rings is 6. The Balaban J connectivity index is 0.000000252. The average molecular weight is 2020 g/mol. The zero-order valence-corrected chi connectivity index (χ0v) is 86.3. The number of H-pyrrole nitrogens is 1. The van der Waals surface area contributed by atoms with Crippen LogP contribution in [0.2, 0.25) is 10.0 Å². The molecule has 140 heavy (non-hydrogen) atoms. The fourth-order valence-corrected chi connectivity index (χ4v) is 15.9. The topological polar surface area (TPSA) is 510 Å². The molecule has 6 aliphatic heterocycles. The van der Waals surface area contributed by atoms with Crippen LogP contribution in [0.3, 0.4) is 0 Å². The first-order valence-electron chi connectivity index (χ1n) is 46.1. The smallest absolute Gasteiger partial charge is 0.410 e. The van der Waals surface area contributed by atoms with Crippen molar-refractivity contribution in [1.29, 1.82) is 21.0 Å². The normalized spacial score (nSPS) is 21.0. The number of hydrogen-bond acceptors (Lipinski definition) is 30. The number of ether oxygens (including phenoxy) is 6. The zero-order valence-electron chi connectivity index (χ0n) is 83.2. The molecule has 6 saturated heterocycles. The zero-order chi connectivity index (χ0) is 103. The molecule has 0 aliphatic carbocycles. The predicted molar refractivity (Wildman–Crippen MR) is 528 cm³/mol. The van der Waals surface area contributed by atoms with Crippen molar-refractivity contribution in [3.05, 3.63) is 186 Å². The minimum Gasteiger partial charge on any atom is -0.478 e. The highest BCUT2D eigenvalue weighted by Crippen LogP contribution is 2.32. The number of amides is 4. The number of carboxylic acids is 1. The Kier molecular flexibility index (Phi) is 45.4. The summed E-state index contributed by atoms with van der Waals surface area (Å²) >= 11 is 11.9. The lowest BCUT2D eigenvalue weighted by Crippen LogP contribution is -2.50. The SMILES string of the molecule is C[C@@H]1CC[C@H](O)CN1.C[C@@H]1CC[C@H](O)CN1C(=O)OC(C)(C)C.C[C@@H]1CC[C@H](OS(C)(=O)=O)CN1C(=O)OC(C)(C)C.Cc1cc[nH]c(=O)c1C#N.Cc1ccnc(O[C@@H]2CC[C@@H](C)N(C(=O)OC(C)(C)C)C2)c1C#N.Cc1ccnc(O[C@@H]2CC[C@@H](C)N(C(=O)c3ccc(Cl)cc3-n3nccn3)C2)c1C#N.Cc1ccnc(O[C@@H]2CC[C@@H](C)NC2)c1C#N.Cl.O=C(O)c1ccc(Cl)cc1-n1nccn1. The van der Waals surface area contributed by atoms with Gasteiger partial charge in [0.2, 0.25) is 17.6 Å². The molecular formula is C98H133Cl3N20O18S. The highest BCUT2D eigenvalue weighted by Gasteiger charge is 2.39. The van der Waals surface area contributed by atoms with Crippen molar-refractivity contribution in [3.8, 4) is 53.3 Å². The van der Waals surface area contributed by atoms with Crippen LogP contribution in [0.5, 0.6) is 17.6 Å². The van der Waals surface area contributed by atoms with Gasteiger partial charge in [0.15, 0.2) is 0 Å². The molecular weight excluding hydrogens is 1880 g/mol. The Labute approximate surface area is 835 Å².